The molecule has 0 bridgehead atoms. The monoisotopic (exact) mass is 571 g/mol. The van der Waals surface area contributed by atoms with Crippen molar-refractivity contribution in [2.24, 2.45) is 11.0 Å². The molecule has 4 rings (SSSR count). The van der Waals surface area contributed by atoms with Crippen LogP contribution in [0.15, 0.2) is 59.7 Å². The van der Waals surface area contributed by atoms with Crippen LogP contribution in [0.25, 0.3) is 0 Å². The van der Waals surface area contributed by atoms with Crippen LogP contribution in [0.2, 0.25) is 10.0 Å². The summed E-state index contributed by atoms with van der Waals surface area (Å²) in [6, 6.07) is 14.4. The Morgan fingerprint density at radius 2 is 1.82 bits per heavy atom. The number of hydrazone groups is 1. The molecule has 0 aromatic heterocycles. The van der Waals surface area contributed by atoms with E-state index in [1.807, 2.05) is 13.8 Å². The molecule has 1 aliphatic heterocycles. The molecule has 0 saturated carbocycles. The van der Waals surface area contributed by atoms with Crippen LogP contribution >= 0.6 is 23.2 Å². The number of nitrogens with one attached hydrogen (secondary N) is 2. The molecule has 0 aliphatic carbocycles. The quantitative estimate of drug-likeness (QED) is 0.255. The standard InChI is InChI=1S/C28H27Cl2N3O6/c1-16(2)26(32-27(34)18-6-9-23-25(11-18)39-15-38-23)28(35)33-31-13-17-4-8-22(24(10-17)36-3)37-14-19-5-7-20(29)12-21(19)30/h4-13,16,26H,14-15H2,1-3H3,(H,32,34)(H,33,35). The Morgan fingerprint density at radius 3 is 2.56 bits per heavy atom. The zero-order valence-corrected chi connectivity index (χ0v) is 23.0. The van der Waals surface area contributed by atoms with Crippen LogP contribution in [0.3, 0.4) is 0 Å². The fourth-order valence-electron chi connectivity index (χ4n) is 3.72. The number of carbonyl (C=O) groups excluding carboxylic acids is 2. The molecule has 204 valence electrons. The van der Waals surface area contributed by atoms with Crippen LogP contribution in [0, 0.1) is 5.92 Å². The van der Waals surface area contributed by atoms with E-state index in [1.165, 1.54) is 13.3 Å². The minimum Gasteiger partial charge on any atom is -0.493 e. The summed E-state index contributed by atoms with van der Waals surface area (Å²) in [6.07, 6.45) is 1.47. The number of hydrogen-bond acceptors (Lipinski definition) is 7. The number of rotatable bonds is 10. The van der Waals surface area contributed by atoms with Gasteiger partial charge in [0.25, 0.3) is 11.8 Å². The van der Waals surface area contributed by atoms with Crippen LogP contribution in [0.4, 0.5) is 0 Å². The van der Waals surface area contributed by atoms with E-state index in [4.69, 9.17) is 42.1 Å². The van der Waals surface area contributed by atoms with Gasteiger partial charge in [-0.1, -0.05) is 43.1 Å². The predicted octanol–water partition coefficient (Wildman–Crippen LogP) is 5.21. The summed E-state index contributed by atoms with van der Waals surface area (Å²) < 4.78 is 21.9. The second-order valence-electron chi connectivity index (χ2n) is 8.93. The van der Waals surface area contributed by atoms with E-state index in [1.54, 1.807) is 54.6 Å². The number of benzene rings is 3. The maximum Gasteiger partial charge on any atom is 0.262 e. The number of halogens is 2. The third-order valence-electron chi connectivity index (χ3n) is 5.84. The van der Waals surface area contributed by atoms with E-state index in [9.17, 15) is 9.59 Å². The highest BCUT2D eigenvalue weighted by Crippen LogP contribution is 2.33. The second-order valence-corrected chi connectivity index (χ2v) is 9.78. The van der Waals surface area contributed by atoms with Gasteiger partial charge in [-0.25, -0.2) is 5.43 Å². The second kappa shape index (κ2) is 12.7. The molecule has 11 heteroatoms. The van der Waals surface area contributed by atoms with E-state index in [0.717, 1.165) is 5.56 Å². The minimum atomic E-state index is -0.815. The molecule has 2 amide bonds. The van der Waals surface area contributed by atoms with Gasteiger partial charge in [0.1, 0.15) is 12.6 Å². The number of carbonyl (C=O) groups is 2. The van der Waals surface area contributed by atoms with Crippen molar-refractivity contribution in [3.63, 3.8) is 0 Å². The van der Waals surface area contributed by atoms with Gasteiger partial charge in [0.2, 0.25) is 6.79 Å². The van der Waals surface area contributed by atoms with Crippen LogP contribution in [0.1, 0.15) is 35.3 Å². The highest BCUT2D eigenvalue weighted by Gasteiger charge is 2.25. The molecule has 9 nitrogen and oxygen atoms in total. The molecule has 1 heterocycles. The lowest BCUT2D eigenvalue weighted by atomic mass is 10.0. The Labute approximate surface area is 236 Å². The number of fused-ring (bicyclic) bond motifs is 1. The highest BCUT2D eigenvalue weighted by atomic mass is 35.5. The molecule has 3 aromatic carbocycles. The molecular weight excluding hydrogens is 545 g/mol. The van der Waals surface area contributed by atoms with Crippen molar-refractivity contribution in [3.05, 3.63) is 81.3 Å². The van der Waals surface area contributed by atoms with Crippen LogP contribution in [-0.2, 0) is 11.4 Å². The Bertz CT molecular complexity index is 1400. The lowest BCUT2D eigenvalue weighted by Gasteiger charge is -2.20. The summed E-state index contributed by atoms with van der Waals surface area (Å²) in [4.78, 5) is 25.6. The zero-order valence-electron chi connectivity index (χ0n) is 21.5. The van der Waals surface area contributed by atoms with Crippen molar-refractivity contribution in [1.82, 2.24) is 10.7 Å². The van der Waals surface area contributed by atoms with Crippen molar-refractivity contribution >= 4 is 41.2 Å². The summed E-state index contributed by atoms with van der Waals surface area (Å²) in [5.41, 5.74) is 4.29. The normalized spacial score (nSPS) is 12.9. The highest BCUT2D eigenvalue weighted by molar-refractivity contribution is 6.35. The van der Waals surface area contributed by atoms with Gasteiger partial charge in [0, 0.05) is 21.2 Å². The van der Waals surface area contributed by atoms with Crippen molar-refractivity contribution in [2.75, 3.05) is 13.9 Å². The van der Waals surface area contributed by atoms with E-state index in [2.05, 4.69) is 15.8 Å². The maximum atomic E-state index is 12.8. The molecule has 1 atom stereocenters. The molecular formula is C28H27Cl2N3O6. The number of methoxy groups -OCH3 is 1. The average molecular weight is 572 g/mol. The van der Waals surface area contributed by atoms with Gasteiger partial charge in [-0.2, -0.15) is 5.10 Å². The molecule has 1 unspecified atom stereocenters. The van der Waals surface area contributed by atoms with Crippen LogP contribution in [0.5, 0.6) is 23.0 Å². The smallest absolute Gasteiger partial charge is 0.262 e. The van der Waals surface area contributed by atoms with E-state index >= 15 is 0 Å². The lowest BCUT2D eigenvalue weighted by Crippen LogP contribution is -2.48. The molecule has 2 N–H and O–H groups in total. The van der Waals surface area contributed by atoms with Crippen molar-refractivity contribution in [3.8, 4) is 23.0 Å². The van der Waals surface area contributed by atoms with Gasteiger partial charge >= 0.3 is 0 Å². The largest absolute Gasteiger partial charge is 0.493 e. The number of amides is 2. The summed E-state index contributed by atoms with van der Waals surface area (Å²) in [5.74, 6) is 0.985. The number of ether oxygens (including phenoxy) is 4. The van der Waals surface area contributed by atoms with E-state index in [0.29, 0.717) is 44.2 Å². The summed E-state index contributed by atoms with van der Waals surface area (Å²) in [7, 11) is 1.52. The van der Waals surface area contributed by atoms with Crippen molar-refractivity contribution in [1.29, 1.82) is 0 Å². The first-order valence-corrected chi connectivity index (χ1v) is 12.8. The van der Waals surface area contributed by atoms with E-state index in [-0.39, 0.29) is 19.3 Å². The Balaban J connectivity index is 1.36. The Morgan fingerprint density at radius 1 is 1.03 bits per heavy atom. The SMILES string of the molecule is COc1cc(C=NNC(=O)C(NC(=O)c2ccc3c(c2)OCO3)C(C)C)ccc1OCc1ccc(Cl)cc1Cl. The molecule has 0 radical (unpaired) electrons. The maximum absolute atomic E-state index is 12.8. The van der Waals surface area contributed by atoms with Gasteiger partial charge in [0.15, 0.2) is 23.0 Å². The predicted molar refractivity (Wildman–Crippen MR) is 148 cm³/mol. The number of hydrogen-bond donors (Lipinski definition) is 2. The van der Waals surface area contributed by atoms with Gasteiger partial charge in [-0.3, -0.25) is 9.59 Å². The molecule has 0 fully saturated rings. The van der Waals surface area contributed by atoms with Gasteiger partial charge in [0.05, 0.1) is 13.3 Å². The summed E-state index contributed by atoms with van der Waals surface area (Å²) in [6.45, 7) is 3.99. The molecule has 0 spiro atoms. The van der Waals surface area contributed by atoms with E-state index < -0.39 is 17.9 Å². The van der Waals surface area contributed by atoms with Crippen LogP contribution < -0.4 is 29.7 Å². The van der Waals surface area contributed by atoms with Gasteiger partial charge < -0.3 is 24.3 Å². The first kappa shape index (κ1) is 28.1. The fourth-order valence-corrected chi connectivity index (χ4v) is 4.18. The first-order chi connectivity index (χ1) is 18.7. The summed E-state index contributed by atoms with van der Waals surface area (Å²) in [5, 5.41) is 7.86. The summed E-state index contributed by atoms with van der Waals surface area (Å²) >= 11 is 12.2. The van der Waals surface area contributed by atoms with Gasteiger partial charge in [-0.15, -0.1) is 0 Å². The zero-order chi connectivity index (χ0) is 27.9. The molecule has 3 aromatic rings. The fraction of sp³-hybridized carbons (Fsp3) is 0.250. The molecule has 39 heavy (non-hydrogen) atoms. The Kier molecular flexibility index (Phi) is 9.16. The van der Waals surface area contributed by atoms with Crippen molar-refractivity contribution in [2.45, 2.75) is 26.5 Å². The minimum absolute atomic E-state index is 0.106. The van der Waals surface area contributed by atoms with Crippen molar-refractivity contribution < 1.29 is 28.5 Å². The third-order valence-corrected chi connectivity index (χ3v) is 6.43. The average Bonchev–Trinajstić information content (AvgIpc) is 3.39. The van der Waals surface area contributed by atoms with Gasteiger partial charge in [-0.05, 0) is 60.0 Å². The molecule has 0 saturated heterocycles. The van der Waals surface area contributed by atoms with Crippen LogP contribution in [-0.4, -0.2) is 38.0 Å². The third kappa shape index (κ3) is 7.13. The lowest BCUT2D eigenvalue weighted by molar-refractivity contribution is -0.123. The molecule has 1 aliphatic rings. The number of nitrogens with zero attached hydrogens (tertiary/aromatic N) is 1. The topological polar surface area (TPSA) is 107 Å². The Hall–Kier alpha value is -3.95. The first-order valence-electron chi connectivity index (χ1n) is 12.0.